The van der Waals surface area contributed by atoms with E-state index >= 15 is 0 Å². The molecule has 2 aromatic carbocycles. The highest BCUT2D eigenvalue weighted by molar-refractivity contribution is 8.03. The highest BCUT2D eigenvalue weighted by Gasteiger charge is 2.51. The summed E-state index contributed by atoms with van der Waals surface area (Å²) in [7, 11) is 1.53. The lowest BCUT2D eigenvalue weighted by Gasteiger charge is -2.38. The Morgan fingerprint density at radius 1 is 1.32 bits per heavy atom. The van der Waals surface area contributed by atoms with E-state index in [1.165, 1.54) is 35.9 Å². The number of fused-ring (bicyclic) bond motifs is 1. The molecule has 7 heteroatoms. The van der Waals surface area contributed by atoms with E-state index in [1.54, 1.807) is 36.4 Å². The number of ether oxygens (including phenoxy) is 1. The molecule has 2 aliphatic heterocycles. The minimum atomic E-state index is -1.57. The van der Waals surface area contributed by atoms with Gasteiger partial charge in [0.1, 0.15) is 11.6 Å². The fraction of sp³-hybridized carbons (Fsp3) is 0.238. The molecule has 1 fully saturated rings. The summed E-state index contributed by atoms with van der Waals surface area (Å²) in [5.41, 5.74) is -0.103. The standard InChI is InChI=1S/C21H17FN2O3S/c1-27-16-7-3-5-14(9-16)21(26)12-28-20-18(11-23)17(10-19(25)24(20)21)13-4-2-6-15(22)8-13/h2-9,17,26H,10,12H2,1H3/t17-,21-/m0/s1. The minimum absolute atomic E-state index is 0.0112. The summed E-state index contributed by atoms with van der Waals surface area (Å²) >= 11 is 1.26. The number of nitrogens with zero attached hydrogens (tertiary/aromatic N) is 2. The second-order valence-electron chi connectivity index (χ2n) is 6.71. The van der Waals surface area contributed by atoms with E-state index in [-0.39, 0.29) is 18.1 Å². The third-order valence-electron chi connectivity index (χ3n) is 5.09. The molecule has 0 unspecified atom stereocenters. The normalized spacial score (nSPS) is 24.1. The predicted octanol–water partition coefficient (Wildman–Crippen LogP) is 3.48. The first-order valence-corrected chi connectivity index (χ1v) is 9.69. The van der Waals surface area contributed by atoms with Crippen LogP contribution in [-0.4, -0.2) is 28.8 Å². The molecule has 1 N–H and O–H groups in total. The molecular weight excluding hydrogens is 379 g/mol. The molecule has 1 saturated heterocycles. The van der Waals surface area contributed by atoms with E-state index in [1.807, 2.05) is 0 Å². The number of amides is 1. The van der Waals surface area contributed by atoms with Crippen LogP contribution in [0.2, 0.25) is 0 Å². The molecule has 2 atom stereocenters. The van der Waals surface area contributed by atoms with Crippen molar-refractivity contribution < 1.29 is 19.0 Å². The molecule has 142 valence electrons. The van der Waals surface area contributed by atoms with Crippen molar-refractivity contribution >= 4 is 17.7 Å². The Hall–Kier alpha value is -2.82. The predicted molar refractivity (Wildman–Crippen MR) is 103 cm³/mol. The van der Waals surface area contributed by atoms with Crippen molar-refractivity contribution in [3.05, 3.63) is 76.1 Å². The molecule has 4 rings (SSSR count). The quantitative estimate of drug-likeness (QED) is 0.860. The molecular formula is C21H17FN2O3S. The number of hydrogen-bond donors (Lipinski definition) is 1. The number of hydrogen-bond acceptors (Lipinski definition) is 5. The van der Waals surface area contributed by atoms with E-state index < -0.39 is 17.5 Å². The third-order valence-corrected chi connectivity index (χ3v) is 6.32. The number of nitriles is 1. The monoisotopic (exact) mass is 396 g/mol. The Labute approximate surface area is 166 Å². The first kappa shape index (κ1) is 18.5. The van der Waals surface area contributed by atoms with Crippen LogP contribution in [0.3, 0.4) is 0 Å². The third kappa shape index (κ3) is 2.86. The summed E-state index contributed by atoms with van der Waals surface area (Å²) in [6.45, 7) is 0. The van der Waals surface area contributed by atoms with Crippen LogP contribution >= 0.6 is 11.8 Å². The van der Waals surface area contributed by atoms with Crippen LogP contribution in [0.5, 0.6) is 5.75 Å². The SMILES string of the molecule is COc1cccc([C@@]2(O)CSC3=C(C#N)[C@H](c4cccc(F)c4)CC(=O)N32)c1. The van der Waals surface area contributed by atoms with Crippen molar-refractivity contribution in [2.75, 3.05) is 12.9 Å². The van der Waals surface area contributed by atoms with E-state index in [2.05, 4.69) is 6.07 Å². The Kier molecular flexibility index (Phi) is 4.61. The summed E-state index contributed by atoms with van der Waals surface area (Å²) in [5.74, 6) is -0.488. The summed E-state index contributed by atoms with van der Waals surface area (Å²) in [6.07, 6.45) is -0.0112. The molecule has 0 spiro atoms. The van der Waals surface area contributed by atoms with Crippen molar-refractivity contribution in [2.45, 2.75) is 18.1 Å². The fourth-order valence-electron chi connectivity index (χ4n) is 3.72. The average molecular weight is 396 g/mol. The van der Waals surface area contributed by atoms with Gasteiger partial charge in [-0.3, -0.25) is 9.69 Å². The lowest BCUT2D eigenvalue weighted by molar-refractivity contribution is -0.149. The van der Waals surface area contributed by atoms with Crippen LogP contribution in [0.15, 0.2) is 59.1 Å². The first-order valence-electron chi connectivity index (χ1n) is 8.70. The summed E-state index contributed by atoms with van der Waals surface area (Å²) < 4.78 is 18.9. The van der Waals surface area contributed by atoms with Crippen LogP contribution < -0.4 is 4.74 Å². The lowest BCUT2D eigenvalue weighted by atomic mass is 9.85. The van der Waals surface area contributed by atoms with Crippen LogP contribution in [0.25, 0.3) is 0 Å². The largest absolute Gasteiger partial charge is 0.497 e. The number of allylic oxidation sites excluding steroid dienone is 1. The number of halogens is 1. The van der Waals surface area contributed by atoms with Crippen molar-refractivity contribution in [3.63, 3.8) is 0 Å². The van der Waals surface area contributed by atoms with Gasteiger partial charge in [0.2, 0.25) is 5.91 Å². The lowest BCUT2D eigenvalue weighted by Crippen LogP contribution is -2.48. The first-order chi connectivity index (χ1) is 13.5. The zero-order chi connectivity index (χ0) is 19.9. The number of rotatable bonds is 3. The van der Waals surface area contributed by atoms with Gasteiger partial charge in [-0.25, -0.2) is 4.39 Å². The molecule has 0 aliphatic carbocycles. The maximum absolute atomic E-state index is 13.7. The summed E-state index contributed by atoms with van der Waals surface area (Å²) in [5, 5.41) is 21.6. The van der Waals surface area contributed by atoms with Crippen molar-refractivity contribution in [3.8, 4) is 11.8 Å². The van der Waals surface area contributed by atoms with Gasteiger partial charge in [0.25, 0.3) is 0 Å². The highest BCUT2D eigenvalue weighted by atomic mass is 32.2. The highest BCUT2D eigenvalue weighted by Crippen LogP contribution is 2.51. The van der Waals surface area contributed by atoms with Gasteiger partial charge in [-0.15, -0.1) is 11.8 Å². The Morgan fingerprint density at radius 3 is 2.82 bits per heavy atom. The average Bonchev–Trinajstić information content (AvgIpc) is 3.07. The van der Waals surface area contributed by atoms with Crippen molar-refractivity contribution in [1.29, 1.82) is 5.26 Å². The number of benzene rings is 2. The van der Waals surface area contributed by atoms with E-state index in [9.17, 15) is 19.6 Å². The molecule has 2 aromatic rings. The maximum Gasteiger partial charge on any atom is 0.231 e. The smallest absolute Gasteiger partial charge is 0.231 e. The summed E-state index contributed by atoms with van der Waals surface area (Å²) in [4.78, 5) is 14.3. The molecule has 0 aromatic heterocycles. The van der Waals surface area contributed by atoms with Crippen molar-refractivity contribution in [1.82, 2.24) is 4.90 Å². The van der Waals surface area contributed by atoms with Gasteiger partial charge in [0.05, 0.1) is 29.5 Å². The van der Waals surface area contributed by atoms with Gasteiger partial charge in [-0.05, 0) is 29.8 Å². The van der Waals surface area contributed by atoms with Gasteiger partial charge in [-0.2, -0.15) is 5.26 Å². The van der Waals surface area contributed by atoms with Gasteiger partial charge in [-0.1, -0.05) is 24.3 Å². The maximum atomic E-state index is 13.7. The van der Waals surface area contributed by atoms with E-state index in [0.717, 1.165) is 0 Å². The van der Waals surface area contributed by atoms with Gasteiger partial charge < -0.3 is 9.84 Å². The van der Waals surface area contributed by atoms with Crippen LogP contribution in [-0.2, 0) is 10.5 Å². The van der Waals surface area contributed by atoms with Gasteiger partial charge in [0, 0.05) is 17.9 Å². The Morgan fingerprint density at radius 2 is 2.11 bits per heavy atom. The molecule has 2 heterocycles. The molecule has 0 bridgehead atoms. The second kappa shape index (κ2) is 6.97. The molecule has 0 saturated carbocycles. The number of carbonyl (C=O) groups excluding carboxylic acids is 1. The second-order valence-corrected chi connectivity index (χ2v) is 7.67. The van der Waals surface area contributed by atoms with Crippen LogP contribution in [0, 0.1) is 17.1 Å². The van der Waals surface area contributed by atoms with Crippen molar-refractivity contribution in [2.24, 2.45) is 0 Å². The van der Waals surface area contributed by atoms with E-state index in [0.29, 0.717) is 27.5 Å². The molecule has 2 aliphatic rings. The molecule has 0 radical (unpaired) electrons. The fourth-order valence-corrected chi connectivity index (χ4v) is 5.08. The zero-order valence-corrected chi connectivity index (χ0v) is 15.9. The molecule has 5 nitrogen and oxygen atoms in total. The number of methoxy groups -OCH3 is 1. The zero-order valence-electron chi connectivity index (χ0n) is 15.1. The van der Waals surface area contributed by atoms with Crippen LogP contribution in [0.1, 0.15) is 23.5 Å². The number of aliphatic hydroxyl groups is 1. The summed E-state index contributed by atoms with van der Waals surface area (Å²) in [6, 6.07) is 15.0. The molecule has 1 amide bonds. The minimum Gasteiger partial charge on any atom is -0.497 e. The molecule has 28 heavy (non-hydrogen) atoms. The van der Waals surface area contributed by atoms with E-state index in [4.69, 9.17) is 4.74 Å². The Bertz CT molecular complexity index is 1030. The van der Waals surface area contributed by atoms with Gasteiger partial charge >= 0.3 is 0 Å². The van der Waals surface area contributed by atoms with Gasteiger partial charge in [0.15, 0.2) is 5.72 Å². The number of thioether (sulfide) groups is 1. The topological polar surface area (TPSA) is 73.6 Å². The number of carbonyl (C=O) groups is 1. The van der Waals surface area contributed by atoms with Crippen LogP contribution in [0.4, 0.5) is 4.39 Å². The Balaban J connectivity index is 1.81.